The van der Waals surface area contributed by atoms with Gasteiger partial charge in [-0.15, -0.1) is 0 Å². The molecule has 2 aromatic carbocycles. The molecule has 1 aliphatic rings. The molecule has 3 rings (SSSR count). The lowest BCUT2D eigenvalue weighted by Crippen LogP contribution is -2.42. The van der Waals surface area contributed by atoms with E-state index in [1.54, 1.807) is 24.3 Å². The van der Waals surface area contributed by atoms with E-state index in [0.29, 0.717) is 24.3 Å². The second-order valence-electron chi connectivity index (χ2n) is 5.36. The van der Waals surface area contributed by atoms with E-state index in [4.69, 9.17) is 9.47 Å². The van der Waals surface area contributed by atoms with Crippen LogP contribution < -0.4 is 0 Å². The molecule has 2 aromatic rings. The molecule has 1 fully saturated rings. The second kappa shape index (κ2) is 5.54. The Morgan fingerprint density at radius 1 is 0.810 bits per heavy atom. The predicted molar refractivity (Wildman–Crippen MR) is 74.6 cm³/mol. The zero-order chi connectivity index (χ0) is 14.9. The standard InChI is InChI=1S/C17H16F2O2/c1-12-10-20-17(21-11-12,13-2-6-15(18)7-3-13)14-4-8-16(19)9-5-14/h2-9,12H,10-11H2,1H3. The van der Waals surface area contributed by atoms with Gasteiger partial charge in [0.2, 0.25) is 5.79 Å². The van der Waals surface area contributed by atoms with Crippen LogP contribution in [0.5, 0.6) is 0 Å². The maximum Gasteiger partial charge on any atom is 0.222 e. The summed E-state index contributed by atoms with van der Waals surface area (Å²) in [6, 6.07) is 12.0. The normalized spacial score (nSPS) is 18.6. The Bertz CT molecular complexity index is 552. The minimum Gasteiger partial charge on any atom is -0.342 e. The highest BCUT2D eigenvalue weighted by Gasteiger charge is 2.40. The number of hydrogen-bond acceptors (Lipinski definition) is 2. The number of hydrogen-bond donors (Lipinski definition) is 0. The minimum atomic E-state index is -1.10. The summed E-state index contributed by atoms with van der Waals surface area (Å²) < 4.78 is 38.3. The lowest BCUT2D eigenvalue weighted by atomic mass is 9.95. The molecule has 1 heterocycles. The number of rotatable bonds is 2. The third kappa shape index (κ3) is 2.69. The van der Waals surface area contributed by atoms with E-state index >= 15 is 0 Å². The third-order valence-electron chi connectivity index (χ3n) is 3.59. The van der Waals surface area contributed by atoms with Crippen molar-refractivity contribution in [3.8, 4) is 0 Å². The van der Waals surface area contributed by atoms with Gasteiger partial charge in [0.1, 0.15) is 11.6 Å². The lowest BCUT2D eigenvalue weighted by molar-refractivity contribution is -0.265. The van der Waals surface area contributed by atoms with Crippen LogP contribution in [-0.4, -0.2) is 13.2 Å². The van der Waals surface area contributed by atoms with Crippen LogP contribution in [0.2, 0.25) is 0 Å². The van der Waals surface area contributed by atoms with Crippen molar-refractivity contribution in [2.45, 2.75) is 12.7 Å². The molecular formula is C17H16F2O2. The van der Waals surface area contributed by atoms with E-state index in [1.807, 2.05) is 6.92 Å². The average Bonchev–Trinajstić information content (AvgIpc) is 2.50. The summed E-state index contributed by atoms with van der Waals surface area (Å²) >= 11 is 0. The zero-order valence-electron chi connectivity index (χ0n) is 11.7. The Balaban J connectivity index is 2.06. The fourth-order valence-corrected chi connectivity index (χ4v) is 2.45. The number of benzene rings is 2. The molecule has 110 valence electrons. The molecule has 1 saturated heterocycles. The van der Waals surface area contributed by atoms with E-state index in [0.717, 1.165) is 0 Å². The summed E-state index contributed by atoms with van der Waals surface area (Å²) in [5.74, 6) is -1.47. The van der Waals surface area contributed by atoms with Crippen LogP contribution >= 0.6 is 0 Å². The van der Waals surface area contributed by atoms with E-state index in [2.05, 4.69) is 0 Å². The fourth-order valence-electron chi connectivity index (χ4n) is 2.45. The second-order valence-corrected chi connectivity index (χ2v) is 5.36. The first kappa shape index (κ1) is 14.2. The van der Waals surface area contributed by atoms with Gasteiger partial charge in [-0.2, -0.15) is 0 Å². The van der Waals surface area contributed by atoms with Crippen LogP contribution in [0.15, 0.2) is 48.5 Å². The molecule has 2 nitrogen and oxygen atoms in total. The fraction of sp³-hybridized carbons (Fsp3) is 0.294. The lowest BCUT2D eigenvalue weighted by Gasteiger charge is -2.40. The molecule has 0 saturated carbocycles. The van der Waals surface area contributed by atoms with Gasteiger partial charge < -0.3 is 9.47 Å². The van der Waals surface area contributed by atoms with Gasteiger partial charge in [-0.05, 0) is 24.3 Å². The average molecular weight is 290 g/mol. The predicted octanol–water partition coefficient (Wildman–Crippen LogP) is 3.85. The molecular weight excluding hydrogens is 274 g/mol. The molecule has 21 heavy (non-hydrogen) atoms. The van der Waals surface area contributed by atoms with Crippen molar-refractivity contribution in [3.63, 3.8) is 0 Å². The molecule has 0 aromatic heterocycles. The van der Waals surface area contributed by atoms with Crippen molar-refractivity contribution in [2.24, 2.45) is 5.92 Å². The van der Waals surface area contributed by atoms with Crippen LogP contribution in [0.25, 0.3) is 0 Å². The quantitative estimate of drug-likeness (QED) is 0.836. The molecule has 0 N–H and O–H groups in total. The molecule has 4 heteroatoms. The van der Waals surface area contributed by atoms with E-state index in [1.165, 1.54) is 24.3 Å². The van der Waals surface area contributed by atoms with Gasteiger partial charge >= 0.3 is 0 Å². The Labute approximate surface area is 122 Å². The highest BCUT2D eigenvalue weighted by Crippen LogP contribution is 2.38. The Kier molecular flexibility index (Phi) is 3.74. The summed E-state index contributed by atoms with van der Waals surface area (Å²) in [5, 5.41) is 0. The molecule has 0 amide bonds. The Morgan fingerprint density at radius 2 is 1.19 bits per heavy atom. The molecule has 0 aliphatic carbocycles. The topological polar surface area (TPSA) is 18.5 Å². The van der Waals surface area contributed by atoms with Gasteiger partial charge in [0.05, 0.1) is 13.2 Å². The van der Waals surface area contributed by atoms with Crippen LogP contribution in [-0.2, 0) is 15.3 Å². The SMILES string of the molecule is CC1COC(c2ccc(F)cc2)(c2ccc(F)cc2)OC1. The number of ether oxygens (including phenoxy) is 2. The van der Waals surface area contributed by atoms with Crippen molar-refractivity contribution in [3.05, 3.63) is 71.3 Å². The van der Waals surface area contributed by atoms with E-state index in [-0.39, 0.29) is 17.6 Å². The monoisotopic (exact) mass is 290 g/mol. The molecule has 1 aliphatic heterocycles. The van der Waals surface area contributed by atoms with Gasteiger partial charge in [0.25, 0.3) is 0 Å². The highest BCUT2D eigenvalue weighted by molar-refractivity contribution is 5.34. The highest BCUT2D eigenvalue weighted by atomic mass is 19.1. The summed E-state index contributed by atoms with van der Waals surface area (Å²) in [6.07, 6.45) is 0. The van der Waals surface area contributed by atoms with Crippen molar-refractivity contribution in [2.75, 3.05) is 13.2 Å². The summed E-state index contributed by atoms with van der Waals surface area (Å²) in [5.41, 5.74) is 1.39. The first-order chi connectivity index (χ1) is 10.1. The maximum atomic E-state index is 13.2. The van der Waals surface area contributed by atoms with Gasteiger partial charge in [0, 0.05) is 17.0 Å². The van der Waals surface area contributed by atoms with Crippen LogP contribution in [0, 0.1) is 17.6 Å². The van der Waals surface area contributed by atoms with Crippen LogP contribution in [0.1, 0.15) is 18.1 Å². The Morgan fingerprint density at radius 3 is 1.57 bits per heavy atom. The maximum absolute atomic E-state index is 13.2. The van der Waals surface area contributed by atoms with Crippen LogP contribution in [0.3, 0.4) is 0 Å². The largest absolute Gasteiger partial charge is 0.342 e. The molecule has 0 unspecified atom stereocenters. The van der Waals surface area contributed by atoms with E-state index < -0.39 is 5.79 Å². The summed E-state index contributed by atoms with van der Waals surface area (Å²) in [4.78, 5) is 0. The van der Waals surface area contributed by atoms with Gasteiger partial charge in [-0.25, -0.2) is 8.78 Å². The molecule has 0 radical (unpaired) electrons. The smallest absolute Gasteiger partial charge is 0.222 e. The third-order valence-corrected chi connectivity index (χ3v) is 3.59. The number of halogens is 2. The van der Waals surface area contributed by atoms with Crippen molar-refractivity contribution in [1.82, 2.24) is 0 Å². The summed E-state index contributed by atoms with van der Waals surface area (Å²) in [6.45, 7) is 3.07. The molecule has 0 atom stereocenters. The van der Waals surface area contributed by atoms with Crippen molar-refractivity contribution in [1.29, 1.82) is 0 Å². The van der Waals surface area contributed by atoms with Crippen molar-refractivity contribution < 1.29 is 18.3 Å². The zero-order valence-corrected chi connectivity index (χ0v) is 11.7. The first-order valence-electron chi connectivity index (χ1n) is 6.90. The molecule has 0 spiro atoms. The first-order valence-corrected chi connectivity index (χ1v) is 6.90. The van der Waals surface area contributed by atoms with Gasteiger partial charge in [-0.1, -0.05) is 31.2 Å². The minimum absolute atomic E-state index is 0.277. The van der Waals surface area contributed by atoms with Crippen molar-refractivity contribution >= 4 is 0 Å². The van der Waals surface area contributed by atoms with Crippen LogP contribution in [0.4, 0.5) is 8.78 Å². The van der Waals surface area contributed by atoms with Gasteiger partial charge in [-0.3, -0.25) is 0 Å². The van der Waals surface area contributed by atoms with Gasteiger partial charge in [0.15, 0.2) is 0 Å². The Hall–Kier alpha value is -1.78. The summed E-state index contributed by atoms with van der Waals surface area (Å²) in [7, 11) is 0. The molecule has 0 bridgehead atoms. The van der Waals surface area contributed by atoms with E-state index in [9.17, 15) is 8.78 Å².